The van der Waals surface area contributed by atoms with Crippen molar-refractivity contribution in [1.82, 2.24) is 0 Å². The van der Waals surface area contributed by atoms with E-state index in [0.717, 1.165) is 6.07 Å². The number of rotatable bonds is 2. The summed E-state index contributed by atoms with van der Waals surface area (Å²) in [5, 5.41) is 20.4. The third kappa shape index (κ3) is 1.96. The van der Waals surface area contributed by atoms with E-state index < -0.39 is 4.92 Å². The van der Waals surface area contributed by atoms with Gasteiger partial charge in [-0.3, -0.25) is 10.1 Å². The molecule has 0 heterocycles. The Bertz CT molecular complexity index is 377. The van der Waals surface area contributed by atoms with Crippen LogP contribution in [0.25, 0.3) is 0 Å². The molecule has 1 aromatic carbocycles. The Morgan fingerprint density at radius 3 is 2.50 bits per heavy atom. The molecule has 0 unspecified atom stereocenters. The minimum atomic E-state index is -0.646. The van der Waals surface area contributed by atoms with Gasteiger partial charge in [-0.05, 0) is 12.0 Å². The minimum absolute atomic E-state index is 0.00704. The van der Waals surface area contributed by atoms with Crippen LogP contribution in [-0.2, 0) is 0 Å². The Balaban J connectivity index is 3.40. The summed E-state index contributed by atoms with van der Waals surface area (Å²) in [6, 6.07) is 2.68. The molecule has 0 aliphatic heterocycles. The Labute approximate surface area is 86.3 Å². The number of nitrogens with zero attached hydrogens (tertiary/aromatic N) is 1. The number of benzene rings is 1. The largest absolute Gasteiger partial charge is 0.502 e. The molecule has 0 aliphatic rings. The number of phenolic OH excluding ortho intramolecular Hbond substituents is 1. The number of nitro groups is 1. The van der Waals surface area contributed by atoms with Crippen molar-refractivity contribution in [1.29, 1.82) is 0 Å². The van der Waals surface area contributed by atoms with Gasteiger partial charge in [0.15, 0.2) is 5.75 Å². The summed E-state index contributed by atoms with van der Waals surface area (Å²) in [5.41, 5.74) is 0.144. The summed E-state index contributed by atoms with van der Waals surface area (Å²) in [5.74, 6) is -0.304. The van der Waals surface area contributed by atoms with E-state index in [2.05, 4.69) is 0 Å². The fraction of sp³-hybridized carbons (Fsp3) is 0.333. The Morgan fingerprint density at radius 2 is 2.07 bits per heavy atom. The van der Waals surface area contributed by atoms with Crippen molar-refractivity contribution in [2.75, 3.05) is 0 Å². The third-order valence-corrected chi connectivity index (χ3v) is 2.12. The second kappa shape index (κ2) is 3.84. The summed E-state index contributed by atoms with van der Waals surface area (Å²) in [7, 11) is 0. The lowest BCUT2D eigenvalue weighted by Gasteiger charge is -2.08. The first-order valence-corrected chi connectivity index (χ1v) is 4.48. The monoisotopic (exact) mass is 215 g/mol. The molecule has 14 heavy (non-hydrogen) atoms. The molecule has 1 aromatic rings. The molecule has 0 saturated heterocycles. The van der Waals surface area contributed by atoms with E-state index in [1.54, 1.807) is 0 Å². The molecule has 0 atom stereocenters. The van der Waals surface area contributed by atoms with Gasteiger partial charge in [0.25, 0.3) is 0 Å². The van der Waals surface area contributed by atoms with Crippen LogP contribution >= 0.6 is 11.6 Å². The fourth-order valence-electron chi connectivity index (χ4n) is 1.18. The highest BCUT2D eigenvalue weighted by molar-refractivity contribution is 6.31. The SMILES string of the molecule is CC(C)c1cc(Cl)cc([N+](=O)[O-])c1O. The molecular formula is C9H10ClNO3. The second-order valence-corrected chi connectivity index (χ2v) is 3.71. The lowest BCUT2D eigenvalue weighted by molar-refractivity contribution is -0.385. The van der Waals surface area contributed by atoms with E-state index in [9.17, 15) is 15.2 Å². The predicted octanol–water partition coefficient (Wildman–Crippen LogP) is 3.08. The maximum Gasteiger partial charge on any atom is 0.312 e. The first-order chi connectivity index (χ1) is 6.43. The highest BCUT2D eigenvalue weighted by Crippen LogP contribution is 2.36. The number of hydrogen-bond donors (Lipinski definition) is 1. The normalized spacial score (nSPS) is 10.6. The van der Waals surface area contributed by atoms with Crippen LogP contribution in [0.4, 0.5) is 5.69 Å². The number of hydrogen-bond acceptors (Lipinski definition) is 3. The molecule has 0 aromatic heterocycles. The van der Waals surface area contributed by atoms with Crippen molar-refractivity contribution >= 4 is 17.3 Å². The van der Waals surface area contributed by atoms with Crippen molar-refractivity contribution in [3.05, 3.63) is 32.8 Å². The van der Waals surface area contributed by atoms with Crippen molar-refractivity contribution in [2.24, 2.45) is 0 Å². The highest BCUT2D eigenvalue weighted by Gasteiger charge is 2.19. The smallest absolute Gasteiger partial charge is 0.312 e. The van der Waals surface area contributed by atoms with Crippen LogP contribution in [0.15, 0.2) is 12.1 Å². The first-order valence-electron chi connectivity index (χ1n) is 4.10. The van der Waals surface area contributed by atoms with Gasteiger partial charge in [-0.25, -0.2) is 0 Å². The van der Waals surface area contributed by atoms with Crippen molar-refractivity contribution in [3.63, 3.8) is 0 Å². The van der Waals surface area contributed by atoms with E-state index in [1.165, 1.54) is 6.07 Å². The fourth-order valence-corrected chi connectivity index (χ4v) is 1.41. The average Bonchev–Trinajstić information content (AvgIpc) is 2.07. The average molecular weight is 216 g/mol. The number of halogens is 1. The van der Waals surface area contributed by atoms with Gasteiger partial charge in [-0.1, -0.05) is 25.4 Å². The summed E-state index contributed by atoms with van der Waals surface area (Å²) < 4.78 is 0. The van der Waals surface area contributed by atoms with E-state index >= 15 is 0 Å². The van der Waals surface area contributed by atoms with Crippen LogP contribution < -0.4 is 0 Å². The molecule has 4 nitrogen and oxygen atoms in total. The van der Waals surface area contributed by atoms with Gasteiger partial charge < -0.3 is 5.11 Å². The van der Waals surface area contributed by atoms with Crippen LogP contribution in [0.1, 0.15) is 25.3 Å². The van der Waals surface area contributed by atoms with Crippen molar-refractivity contribution < 1.29 is 10.0 Å². The van der Waals surface area contributed by atoms with E-state index in [4.69, 9.17) is 11.6 Å². The maximum atomic E-state index is 10.5. The quantitative estimate of drug-likeness (QED) is 0.609. The molecule has 0 radical (unpaired) electrons. The highest BCUT2D eigenvalue weighted by atomic mass is 35.5. The van der Waals surface area contributed by atoms with Crippen LogP contribution in [0.3, 0.4) is 0 Å². The molecule has 76 valence electrons. The topological polar surface area (TPSA) is 63.4 Å². The molecule has 1 N–H and O–H groups in total. The molecule has 5 heteroatoms. The Kier molecular flexibility index (Phi) is 2.96. The van der Waals surface area contributed by atoms with Crippen LogP contribution in [0, 0.1) is 10.1 Å². The summed E-state index contributed by atoms with van der Waals surface area (Å²) >= 11 is 5.69. The lowest BCUT2D eigenvalue weighted by atomic mass is 10.0. The van der Waals surface area contributed by atoms with Crippen LogP contribution in [0.5, 0.6) is 5.75 Å². The zero-order valence-corrected chi connectivity index (χ0v) is 8.58. The van der Waals surface area contributed by atoms with Gasteiger partial charge in [0, 0.05) is 16.7 Å². The molecule has 0 amide bonds. The lowest BCUT2D eigenvalue weighted by Crippen LogP contribution is -1.94. The third-order valence-electron chi connectivity index (χ3n) is 1.90. The Morgan fingerprint density at radius 1 is 1.50 bits per heavy atom. The zero-order valence-electron chi connectivity index (χ0n) is 7.82. The predicted molar refractivity (Wildman–Crippen MR) is 53.9 cm³/mol. The summed E-state index contributed by atoms with van der Waals surface area (Å²) in [4.78, 5) is 9.89. The molecule has 0 saturated carbocycles. The van der Waals surface area contributed by atoms with Crippen LogP contribution in [0.2, 0.25) is 5.02 Å². The molecule has 0 aliphatic carbocycles. The zero-order chi connectivity index (χ0) is 10.9. The molecule has 0 spiro atoms. The molecule has 0 fully saturated rings. The van der Waals surface area contributed by atoms with Crippen LogP contribution in [-0.4, -0.2) is 10.0 Å². The standard InChI is InChI=1S/C9H10ClNO3/c1-5(2)7-3-6(10)4-8(9(7)12)11(13)14/h3-5,12H,1-2H3. The van der Waals surface area contributed by atoms with E-state index in [0.29, 0.717) is 5.56 Å². The number of nitro benzene ring substituents is 1. The first kappa shape index (κ1) is 10.8. The molecule has 0 bridgehead atoms. The number of phenols is 1. The summed E-state index contributed by atoms with van der Waals surface area (Å²) in [6.45, 7) is 3.66. The Hall–Kier alpha value is -1.29. The summed E-state index contributed by atoms with van der Waals surface area (Å²) in [6.07, 6.45) is 0. The van der Waals surface area contributed by atoms with Gasteiger partial charge in [-0.2, -0.15) is 0 Å². The van der Waals surface area contributed by atoms with Gasteiger partial charge in [0.2, 0.25) is 0 Å². The maximum absolute atomic E-state index is 10.5. The second-order valence-electron chi connectivity index (χ2n) is 3.27. The minimum Gasteiger partial charge on any atom is -0.502 e. The number of aromatic hydroxyl groups is 1. The van der Waals surface area contributed by atoms with E-state index in [1.807, 2.05) is 13.8 Å². The molecular weight excluding hydrogens is 206 g/mol. The van der Waals surface area contributed by atoms with Crippen molar-refractivity contribution in [2.45, 2.75) is 19.8 Å². The van der Waals surface area contributed by atoms with Crippen molar-refractivity contribution in [3.8, 4) is 5.75 Å². The van der Waals surface area contributed by atoms with Gasteiger partial charge in [0.1, 0.15) is 0 Å². The van der Waals surface area contributed by atoms with E-state index in [-0.39, 0.29) is 22.4 Å². The van der Waals surface area contributed by atoms with Gasteiger partial charge in [-0.15, -0.1) is 0 Å². The van der Waals surface area contributed by atoms with Gasteiger partial charge >= 0.3 is 5.69 Å². The molecule has 1 rings (SSSR count). The van der Waals surface area contributed by atoms with Gasteiger partial charge in [0.05, 0.1) is 4.92 Å².